The van der Waals surface area contributed by atoms with Gasteiger partial charge in [-0.25, -0.2) is 8.78 Å². The molecule has 1 saturated heterocycles. The first kappa shape index (κ1) is 21.1. The van der Waals surface area contributed by atoms with Gasteiger partial charge in [-0.15, -0.1) is 0 Å². The van der Waals surface area contributed by atoms with E-state index in [4.69, 9.17) is 0 Å². The number of hydrogen-bond donors (Lipinski definition) is 1. The van der Waals surface area contributed by atoms with Gasteiger partial charge in [-0.3, -0.25) is 14.7 Å². The Hall–Kier alpha value is -3.12. The molecule has 6 heteroatoms. The van der Waals surface area contributed by atoms with Crippen LogP contribution in [0, 0.1) is 17.6 Å². The minimum absolute atomic E-state index is 0.154. The molecule has 0 aliphatic carbocycles. The minimum Gasteiger partial charge on any atom is -0.343 e. The molecule has 1 fully saturated rings. The molecule has 2 unspecified atom stereocenters. The largest absolute Gasteiger partial charge is 0.343 e. The molecule has 1 aromatic heterocycles. The normalized spacial score (nSPS) is 17.8. The van der Waals surface area contributed by atoms with Crippen molar-refractivity contribution in [2.75, 3.05) is 13.1 Å². The van der Waals surface area contributed by atoms with Crippen LogP contribution in [0.1, 0.15) is 40.5 Å². The van der Waals surface area contributed by atoms with E-state index >= 15 is 0 Å². The molecule has 3 aromatic rings. The van der Waals surface area contributed by atoms with Gasteiger partial charge in [-0.1, -0.05) is 24.3 Å². The molecule has 2 aromatic carbocycles. The van der Waals surface area contributed by atoms with Gasteiger partial charge in [0.2, 0.25) is 0 Å². The average molecular weight is 421 g/mol. The van der Waals surface area contributed by atoms with E-state index in [-0.39, 0.29) is 23.7 Å². The summed E-state index contributed by atoms with van der Waals surface area (Å²) < 4.78 is 26.8. The minimum atomic E-state index is -0.440. The first-order valence-electron chi connectivity index (χ1n) is 10.5. The zero-order chi connectivity index (χ0) is 21.6. The molecular formula is C25H25F2N3O. The van der Waals surface area contributed by atoms with Crippen LogP contribution in [0.5, 0.6) is 0 Å². The van der Waals surface area contributed by atoms with Crippen LogP contribution in [0.3, 0.4) is 0 Å². The second kappa shape index (κ2) is 9.79. The molecule has 2 atom stereocenters. The summed E-state index contributed by atoms with van der Waals surface area (Å²) in [5.74, 6) is -0.840. The Morgan fingerprint density at radius 1 is 1.06 bits per heavy atom. The Labute approximate surface area is 180 Å². The number of nitrogens with one attached hydrogen (secondary N) is 1. The number of carbonyl (C=O) groups is 1. The van der Waals surface area contributed by atoms with Crippen molar-refractivity contribution >= 4 is 5.91 Å². The molecule has 1 aliphatic rings. The number of halogens is 2. The molecular weight excluding hydrogens is 396 g/mol. The first-order valence-corrected chi connectivity index (χ1v) is 10.5. The number of amides is 1. The molecule has 0 saturated carbocycles. The molecule has 1 N–H and O–H groups in total. The van der Waals surface area contributed by atoms with Crippen LogP contribution in [0.15, 0.2) is 72.9 Å². The molecule has 0 spiro atoms. The van der Waals surface area contributed by atoms with E-state index in [1.807, 2.05) is 18.2 Å². The van der Waals surface area contributed by atoms with E-state index < -0.39 is 5.82 Å². The molecule has 31 heavy (non-hydrogen) atoms. The molecule has 1 aliphatic heterocycles. The highest BCUT2D eigenvalue weighted by molar-refractivity contribution is 5.94. The van der Waals surface area contributed by atoms with E-state index in [9.17, 15) is 13.6 Å². The Morgan fingerprint density at radius 2 is 1.90 bits per heavy atom. The number of benzene rings is 2. The summed E-state index contributed by atoms with van der Waals surface area (Å²) in [6.45, 7) is 2.45. The first-order chi connectivity index (χ1) is 15.1. The van der Waals surface area contributed by atoms with Gasteiger partial charge in [0.15, 0.2) is 0 Å². The lowest BCUT2D eigenvalue weighted by Gasteiger charge is -2.37. The summed E-state index contributed by atoms with van der Waals surface area (Å²) in [6, 6.07) is 17.7. The van der Waals surface area contributed by atoms with Crippen molar-refractivity contribution in [3.05, 3.63) is 101 Å². The Morgan fingerprint density at radius 3 is 2.65 bits per heavy atom. The molecule has 0 bridgehead atoms. The lowest BCUT2D eigenvalue weighted by atomic mass is 9.88. The van der Waals surface area contributed by atoms with E-state index in [2.05, 4.69) is 15.2 Å². The molecule has 4 rings (SSSR count). The van der Waals surface area contributed by atoms with E-state index in [0.29, 0.717) is 5.56 Å². The van der Waals surface area contributed by atoms with Gasteiger partial charge in [-0.2, -0.15) is 0 Å². The summed E-state index contributed by atoms with van der Waals surface area (Å²) in [5.41, 5.74) is 2.14. The predicted octanol–water partition coefficient (Wildman–Crippen LogP) is 4.74. The zero-order valence-electron chi connectivity index (χ0n) is 17.2. The van der Waals surface area contributed by atoms with Gasteiger partial charge >= 0.3 is 0 Å². The van der Waals surface area contributed by atoms with Crippen molar-refractivity contribution < 1.29 is 13.6 Å². The fraction of sp³-hybridized carbons (Fsp3) is 0.280. The van der Waals surface area contributed by atoms with Gasteiger partial charge in [-0.05, 0) is 73.3 Å². The van der Waals surface area contributed by atoms with E-state index in [1.165, 1.54) is 30.3 Å². The average Bonchev–Trinajstić information content (AvgIpc) is 2.79. The molecule has 4 nitrogen and oxygen atoms in total. The van der Waals surface area contributed by atoms with Crippen LogP contribution >= 0.6 is 0 Å². The van der Waals surface area contributed by atoms with Crippen molar-refractivity contribution in [1.82, 2.24) is 15.2 Å². The topological polar surface area (TPSA) is 45.2 Å². The van der Waals surface area contributed by atoms with Crippen LogP contribution in [0.25, 0.3) is 0 Å². The van der Waals surface area contributed by atoms with Crippen molar-refractivity contribution in [2.24, 2.45) is 5.92 Å². The summed E-state index contributed by atoms with van der Waals surface area (Å²) in [7, 11) is 0. The summed E-state index contributed by atoms with van der Waals surface area (Å²) in [4.78, 5) is 19.7. The second-order valence-electron chi connectivity index (χ2n) is 7.98. The Kier molecular flexibility index (Phi) is 6.67. The summed E-state index contributed by atoms with van der Waals surface area (Å²) in [6.07, 6.45) is 3.66. The second-order valence-corrected chi connectivity index (χ2v) is 7.98. The SMILES string of the molecule is O=C(NC(c1ccccn1)C1CCCN(Cc2ccc(F)cc2)C1)c1cccc(F)c1. The van der Waals surface area contributed by atoms with Crippen LogP contribution < -0.4 is 5.32 Å². The maximum atomic E-state index is 13.6. The standard InChI is InChI=1S/C25H25F2N3O/c26-21-11-9-18(10-12-21)16-30-14-4-6-20(17-30)24(23-8-1-2-13-28-23)29-25(31)19-5-3-7-22(27)15-19/h1-3,5,7-13,15,20,24H,4,6,14,16-17H2,(H,29,31). The quantitative estimate of drug-likeness (QED) is 0.625. The third kappa shape index (κ3) is 5.52. The van der Waals surface area contributed by atoms with Crippen molar-refractivity contribution in [2.45, 2.75) is 25.4 Å². The van der Waals surface area contributed by atoms with E-state index in [1.54, 1.807) is 24.4 Å². The number of hydrogen-bond acceptors (Lipinski definition) is 3. The third-order valence-electron chi connectivity index (χ3n) is 5.71. The predicted molar refractivity (Wildman–Crippen MR) is 115 cm³/mol. The highest BCUT2D eigenvalue weighted by atomic mass is 19.1. The van der Waals surface area contributed by atoms with Gasteiger partial charge in [0, 0.05) is 24.8 Å². The Bertz CT molecular complexity index is 1010. The number of aromatic nitrogens is 1. The zero-order valence-corrected chi connectivity index (χ0v) is 17.2. The van der Waals surface area contributed by atoms with Crippen LogP contribution in [-0.2, 0) is 6.54 Å². The lowest BCUT2D eigenvalue weighted by Crippen LogP contribution is -2.43. The number of pyridine rings is 1. The molecule has 2 heterocycles. The highest BCUT2D eigenvalue weighted by Crippen LogP contribution is 2.30. The number of piperidine rings is 1. The fourth-order valence-corrected chi connectivity index (χ4v) is 4.20. The van der Waals surface area contributed by atoms with Crippen LogP contribution in [0.2, 0.25) is 0 Å². The van der Waals surface area contributed by atoms with E-state index in [0.717, 1.165) is 43.7 Å². The Balaban J connectivity index is 1.52. The van der Waals surface area contributed by atoms with Gasteiger partial charge < -0.3 is 5.32 Å². The van der Waals surface area contributed by atoms with Crippen LogP contribution in [-0.4, -0.2) is 28.9 Å². The van der Waals surface area contributed by atoms with Crippen molar-refractivity contribution in [1.29, 1.82) is 0 Å². The van der Waals surface area contributed by atoms with Gasteiger partial charge in [0.05, 0.1) is 11.7 Å². The molecule has 0 radical (unpaired) electrons. The maximum absolute atomic E-state index is 13.6. The highest BCUT2D eigenvalue weighted by Gasteiger charge is 2.30. The third-order valence-corrected chi connectivity index (χ3v) is 5.71. The number of carbonyl (C=O) groups excluding carboxylic acids is 1. The van der Waals surface area contributed by atoms with Crippen LogP contribution in [0.4, 0.5) is 8.78 Å². The maximum Gasteiger partial charge on any atom is 0.251 e. The monoisotopic (exact) mass is 421 g/mol. The van der Waals surface area contributed by atoms with Gasteiger partial charge in [0.1, 0.15) is 11.6 Å². The number of likely N-dealkylation sites (tertiary alicyclic amines) is 1. The summed E-state index contributed by atoms with van der Waals surface area (Å²) in [5, 5.41) is 3.09. The van der Waals surface area contributed by atoms with Crippen molar-refractivity contribution in [3.63, 3.8) is 0 Å². The van der Waals surface area contributed by atoms with Crippen molar-refractivity contribution in [3.8, 4) is 0 Å². The number of rotatable bonds is 6. The fourth-order valence-electron chi connectivity index (χ4n) is 4.20. The lowest BCUT2D eigenvalue weighted by molar-refractivity contribution is 0.0874. The number of nitrogens with zero attached hydrogens (tertiary/aromatic N) is 2. The smallest absolute Gasteiger partial charge is 0.251 e. The molecule has 160 valence electrons. The molecule has 1 amide bonds. The summed E-state index contributed by atoms with van der Waals surface area (Å²) >= 11 is 0. The van der Waals surface area contributed by atoms with Gasteiger partial charge in [0.25, 0.3) is 5.91 Å².